The third-order valence-corrected chi connectivity index (χ3v) is 1.46. The molecule has 1 rings (SSSR count). The number of carbonyl (C=O) groups excluding carboxylic acids is 1. The molecule has 8 nitrogen and oxygen atoms in total. The zero-order valence-corrected chi connectivity index (χ0v) is 9.63. The van der Waals surface area contributed by atoms with E-state index in [0.29, 0.717) is 5.01 Å². The van der Waals surface area contributed by atoms with Crippen molar-refractivity contribution in [1.29, 1.82) is 0 Å². The average molecular weight is 243 g/mol. The Labute approximate surface area is 97.1 Å². The quantitative estimate of drug-likeness (QED) is 0.726. The van der Waals surface area contributed by atoms with Crippen LogP contribution in [0.4, 0.5) is 15.3 Å². The minimum Gasteiger partial charge on any atom is -0.464 e. The molecule has 0 aliphatic heterocycles. The molecular formula is C9H13N3O5. The van der Waals surface area contributed by atoms with Crippen LogP contribution in [0.2, 0.25) is 0 Å². The molecule has 0 unspecified atom stereocenters. The summed E-state index contributed by atoms with van der Waals surface area (Å²) in [6.45, 7) is 4.99. The molecular weight excluding hydrogens is 230 g/mol. The number of carbonyl (C=O) groups is 2. The van der Waals surface area contributed by atoms with Crippen molar-refractivity contribution < 1.29 is 24.0 Å². The largest absolute Gasteiger partial charge is 0.464 e. The van der Waals surface area contributed by atoms with E-state index >= 15 is 0 Å². The highest BCUT2D eigenvalue weighted by molar-refractivity contribution is 5.89. The molecule has 0 saturated heterocycles. The molecule has 0 aliphatic carbocycles. The lowest BCUT2D eigenvalue weighted by Crippen LogP contribution is -2.48. The summed E-state index contributed by atoms with van der Waals surface area (Å²) >= 11 is 0. The molecule has 0 bridgehead atoms. The van der Waals surface area contributed by atoms with Crippen molar-refractivity contribution in [2.45, 2.75) is 26.4 Å². The number of hydrogen-bond acceptors (Lipinski definition) is 5. The smallest absolute Gasteiger partial charge is 0.434 e. The lowest BCUT2D eigenvalue weighted by atomic mass is 10.2. The van der Waals surface area contributed by atoms with Gasteiger partial charge < -0.3 is 14.4 Å². The number of nitrogens with one attached hydrogen (secondary N) is 1. The fraction of sp³-hybridized carbons (Fsp3) is 0.444. The predicted octanol–water partition coefficient (Wildman–Crippen LogP) is 1.60. The van der Waals surface area contributed by atoms with Crippen LogP contribution >= 0.6 is 0 Å². The van der Waals surface area contributed by atoms with Crippen LogP contribution in [0.15, 0.2) is 17.0 Å². The van der Waals surface area contributed by atoms with Gasteiger partial charge in [-0.3, -0.25) is 0 Å². The third-order valence-electron chi connectivity index (χ3n) is 1.46. The van der Waals surface area contributed by atoms with Crippen molar-refractivity contribution in [3.05, 3.63) is 12.5 Å². The first-order valence-corrected chi connectivity index (χ1v) is 4.71. The van der Waals surface area contributed by atoms with Crippen LogP contribution in [0, 0.1) is 0 Å². The molecule has 0 saturated carbocycles. The summed E-state index contributed by atoms with van der Waals surface area (Å²) in [7, 11) is 0. The first-order valence-electron chi connectivity index (χ1n) is 4.71. The van der Waals surface area contributed by atoms with Gasteiger partial charge in [0.25, 0.3) is 0 Å². The Morgan fingerprint density at radius 3 is 2.59 bits per heavy atom. The van der Waals surface area contributed by atoms with Gasteiger partial charge in [0.1, 0.15) is 17.6 Å². The van der Waals surface area contributed by atoms with Gasteiger partial charge in [0.2, 0.25) is 0 Å². The second-order valence-electron chi connectivity index (χ2n) is 4.12. The number of ether oxygens (including phenoxy) is 1. The van der Waals surface area contributed by atoms with Gasteiger partial charge in [-0.05, 0) is 20.8 Å². The Morgan fingerprint density at radius 1 is 1.53 bits per heavy atom. The molecule has 1 aromatic heterocycles. The number of amides is 2. The Kier molecular flexibility index (Phi) is 3.56. The summed E-state index contributed by atoms with van der Waals surface area (Å²) in [4.78, 5) is 22.3. The number of hydrogen-bond donors (Lipinski definition) is 2. The van der Waals surface area contributed by atoms with Crippen molar-refractivity contribution >= 4 is 17.9 Å². The Bertz CT molecular complexity index is 395. The Hall–Kier alpha value is -2.25. The molecule has 0 spiro atoms. The van der Waals surface area contributed by atoms with Crippen molar-refractivity contribution in [2.75, 3.05) is 5.01 Å². The fourth-order valence-corrected chi connectivity index (χ4v) is 0.929. The number of nitrogens with zero attached hydrogens (tertiary/aromatic N) is 2. The van der Waals surface area contributed by atoms with Gasteiger partial charge in [0.15, 0.2) is 0 Å². The van der Waals surface area contributed by atoms with Crippen LogP contribution < -0.4 is 10.4 Å². The summed E-state index contributed by atoms with van der Waals surface area (Å²) < 4.78 is 9.54. The van der Waals surface area contributed by atoms with Gasteiger partial charge in [-0.25, -0.2) is 15.0 Å². The van der Waals surface area contributed by atoms with E-state index in [1.54, 1.807) is 20.8 Å². The van der Waals surface area contributed by atoms with Gasteiger partial charge in [-0.15, -0.1) is 0 Å². The maximum atomic E-state index is 11.7. The zero-order chi connectivity index (χ0) is 13.1. The fourth-order valence-electron chi connectivity index (χ4n) is 0.929. The second kappa shape index (κ2) is 4.73. The van der Waals surface area contributed by atoms with E-state index < -0.39 is 17.8 Å². The maximum Gasteiger partial charge on any atom is 0.434 e. The molecule has 8 heteroatoms. The summed E-state index contributed by atoms with van der Waals surface area (Å²) in [5, 5.41) is 12.7. The topological polar surface area (TPSA) is 105 Å². The van der Waals surface area contributed by atoms with Crippen molar-refractivity contribution in [2.24, 2.45) is 0 Å². The van der Waals surface area contributed by atoms with E-state index in [1.807, 2.05) is 5.43 Å². The number of hydrazine groups is 1. The van der Waals surface area contributed by atoms with Gasteiger partial charge >= 0.3 is 12.2 Å². The number of aromatic nitrogens is 1. The lowest BCUT2D eigenvalue weighted by molar-refractivity contribution is 0.0558. The van der Waals surface area contributed by atoms with Crippen LogP contribution in [0.5, 0.6) is 0 Å². The van der Waals surface area contributed by atoms with E-state index in [-0.39, 0.29) is 5.69 Å². The van der Waals surface area contributed by atoms with E-state index in [9.17, 15) is 9.59 Å². The number of rotatable bonds is 1. The Balaban J connectivity index is 2.84. The van der Waals surface area contributed by atoms with E-state index in [4.69, 9.17) is 9.84 Å². The minimum atomic E-state index is -1.41. The maximum absolute atomic E-state index is 11.7. The molecule has 0 aromatic carbocycles. The van der Waals surface area contributed by atoms with E-state index in [0.717, 1.165) is 6.26 Å². The molecule has 0 atom stereocenters. The van der Waals surface area contributed by atoms with Crippen LogP contribution in [-0.4, -0.2) is 28.1 Å². The molecule has 0 radical (unpaired) electrons. The zero-order valence-electron chi connectivity index (χ0n) is 9.63. The van der Waals surface area contributed by atoms with Gasteiger partial charge in [0.05, 0.1) is 6.20 Å². The Morgan fingerprint density at radius 2 is 2.18 bits per heavy atom. The summed E-state index contributed by atoms with van der Waals surface area (Å²) in [6, 6.07) is 0. The van der Waals surface area contributed by atoms with Crippen molar-refractivity contribution in [3.8, 4) is 0 Å². The molecule has 1 aromatic rings. The van der Waals surface area contributed by atoms with Gasteiger partial charge in [-0.1, -0.05) is 5.16 Å². The summed E-state index contributed by atoms with van der Waals surface area (Å²) in [5.41, 5.74) is 1.26. The highest BCUT2D eigenvalue weighted by atomic mass is 16.6. The SMILES string of the molecule is CC(C)(C)OC(=O)N(NC(=O)O)c1cnoc1. The third kappa shape index (κ3) is 4.01. The molecule has 0 aliphatic rings. The molecule has 0 fully saturated rings. The van der Waals surface area contributed by atoms with E-state index in [1.165, 1.54) is 6.20 Å². The highest BCUT2D eigenvalue weighted by Crippen LogP contribution is 2.15. The monoisotopic (exact) mass is 243 g/mol. The molecule has 2 amide bonds. The molecule has 17 heavy (non-hydrogen) atoms. The molecule has 94 valence electrons. The predicted molar refractivity (Wildman–Crippen MR) is 56.4 cm³/mol. The summed E-state index contributed by atoms with van der Waals surface area (Å²) in [5.74, 6) is 0. The van der Waals surface area contributed by atoms with Gasteiger partial charge in [0, 0.05) is 0 Å². The summed E-state index contributed by atoms with van der Waals surface area (Å²) in [6.07, 6.45) is 0.0138. The van der Waals surface area contributed by atoms with Crippen LogP contribution in [0.3, 0.4) is 0 Å². The van der Waals surface area contributed by atoms with Crippen LogP contribution in [0.1, 0.15) is 20.8 Å². The minimum absolute atomic E-state index is 0.127. The number of carboxylic acid groups (broad SMARTS) is 1. The molecule has 2 N–H and O–H groups in total. The molecule has 1 heterocycles. The highest BCUT2D eigenvalue weighted by Gasteiger charge is 2.26. The first kappa shape index (κ1) is 12.8. The number of anilines is 1. The van der Waals surface area contributed by atoms with Crippen LogP contribution in [-0.2, 0) is 4.74 Å². The normalized spacial score (nSPS) is 10.8. The van der Waals surface area contributed by atoms with E-state index in [2.05, 4.69) is 9.68 Å². The van der Waals surface area contributed by atoms with Crippen LogP contribution in [0.25, 0.3) is 0 Å². The van der Waals surface area contributed by atoms with Crippen molar-refractivity contribution in [3.63, 3.8) is 0 Å². The van der Waals surface area contributed by atoms with Crippen molar-refractivity contribution in [1.82, 2.24) is 10.6 Å². The average Bonchev–Trinajstić information content (AvgIpc) is 2.63. The lowest BCUT2D eigenvalue weighted by Gasteiger charge is -2.25. The first-order chi connectivity index (χ1) is 7.79. The van der Waals surface area contributed by atoms with Gasteiger partial charge in [-0.2, -0.15) is 5.01 Å². The second-order valence-corrected chi connectivity index (χ2v) is 4.12. The standard InChI is InChI=1S/C9H13N3O5/c1-9(2,3)17-8(15)12(11-7(13)14)6-4-10-16-5-6/h4-5,11H,1-3H3,(H,13,14).